The van der Waals surface area contributed by atoms with Gasteiger partial charge in [-0.2, -0.15) is 4.98 Å². The second-order valence-corrected chi connectivity index (χ2v) is 6.27. The number of aryl methyl sites for hydroxylation is 1. The van der Waals surface area contributed by atoms with E-state index < -0.39 is 0 Å². The summed E-state index contributed by atoms with van der Waals surface area (Å²) in [5, 5.41) is 4.12. The molecule has 0 fully saturated rings. The maximum Gasteiger partial charge on any atom is 0.241 e. The third-order valence-electron chi connectivity index (χ3n) is 4.15. The van der Waals surface area contributed by atoms with Gasteiger partial charge in [-0.05, 0) is 51.1 Å². The Kier molecular flexibility index (Phi) is 6.39. The Morgan fingerprint density at radius 1 is 1.04 bits per heavy atom. The predicted molar refractivity (Wildman–Crippen MR) is 102 cm³/mol. The van der Waals surface area contributed by atoms with Crippen molar-refractivity contribution in [3.8, 4) is 17.1 Å². The fraction of sp³-hybridized carbons (Fsp3) is 0.333. The van der Waals surface area contributed by atoms with E-state index >= 15 is 0 Å². The van der Waals surface area contributed by atoms with Gasteiger partial charge in [0, 0.05) is 0 Å². The average molecular weight is 351 g/mol. The van der Waals surface area contributed by atoms with Crippen molar-refractivity contribution in [2.45, 2.75) is 26.3 Å². The summed E-state index contributed by atoms with van der Waals surface area (Å²) in [6.07, 6.45) is 2.16. The van der Waals surface area contributed by atoms with Crippen LogP contribution >= 0.6 is 0 Å². The highest BCUT2D eigenvalue weighted by Crippen LogP contribution is 2.27. The van der Waals surface area contributed by atoms with Gasteiger partial charge in [0.2, 0.25) is 11.7 Å². The molecule has 5 heteroatoms. The van der Waals surface area contributed by atoms with Gasteiger partial charge in [0.1, 0.15) is 5.75 Å². The van der Waals surface area contributed by atoms with Crippen LogP contribution in [0.5, 0.6) is 5.75 Å². The number of aromatic nitrogens is 2. The predicted octanol–water partition coefficient (Wildman–Crippen LogP) is 4.20. The van der Waals surface area contributed by atoms with Gasteiger partial charge < -0.3 is 9.26 Å². The molecule has 0 saturated carbocycles. The summed E-state index contributed by atoms with van der Waals surface area (Å²) in [4.78, 5) is 6.73. The minimum atomic E-state index is 0.571. The molecule has 0 amide bonds. The van der Waals surface area contributed by atoms with Crippen LogP contribution in [-0.4, -0.2) is 35.2 Å². The Morgan fingerprint density at radius 2 is 1.81 bits per heavy atom. The zero-order valence-electron chi connectivity index (χ0n) is 15.4. The standard InChI is InChI=1S/C21H25N3O2/c1-3-25-19-14-8-7-13-18(19)21-22-20(26-23-21)16-24(2)15-9-12-17-10-5-4-6-11-17/h4-8,10-11,13-14H,3,9,12,15-16H2,1-2H3. The van der Waals surface area contributed by atoms with E-state index in [0.29, 0.717) is 24.9 Å². The van der Waals surface area contributed by atoms with Crippen LogP contribution in [-0.2, 0) is 13.0 Å². The maximum absolute atomic E-state index is 5.64. The fourth-order valence-corrected chi connectivity index (χ4v) is 2.87. The van der Waals surface area contributed by atoms with Crippen molar-refractivity contribution < 1.29 is 9.26 Å². The molecule has 26 heavy (non-hydrogen) atoms. The van der Waals surface area contributed by atoms with E-state index in [4.69, 9.17) is 9.26 Å². The maximum atomic E-state index is 5.64. The molecular weight excluding hydrogens is 326 g/mol. The molecule has 5 nitrogen and oxygen atoms in total. The lowest BCUT2D eigenvalue weighted by atomic mass is 10.1. The molecule has 3 rings (SSSR count). The first kappa shape index (κ1) is 18.1. The molecule has 0 aliphatic heterocycles. The van der Waals surface area contributed by atoms with E-state index in [1.807, 2.05) is 37.3 Å². The SMILES string of the molecule is CCOc1ccccc1-c1noc(CN(C)CCCc2ccccc2)n1. The van der Waals surface area contributed by atoms with Crippen molar-refractivity contribution in [1.29, 1.82) is 0 Å². The van der Waals surface area contributed by atoms with Gasteiger partial charge in [0.25, 0.3) is 0 Å². The summed E-state index contributed by atoms with van der Waals surface area (Å²) in [5.74, 6) is 1.97. The van der Waals surface area contributed by atoms with Gasteiger partial charge in [-0.25, -0.2) is 0 Å². The Morgan fingerprint density at radius 3 is 2.62 bits per heavy atom. The van der Waals surface area contributed by atoms with Crippen LogP contribution < -0.4 is 4.74 Å². The van der Waals surface area contributed by atoms with Crippen LogP contribution in [0.1, 0.15) is 24.8 Å². The van der Waals surface area contributed by atoms with E-state index in [-0.39, 0.29) is 0 Å². The van der Waals surface area contributed by atoms with E-state index in [9.17, 15) is 0 Å². The highest BCUT2D eigenvalue weighted by molar-refractivity contribution is 5.63. The summed E-state index contributed by atoms with van der Waals surface area (Å²) in [7, 11) is 2.07. The number of para-hydroxylation sites is 1. The molecule has 0 bridgehead atoms. The van der Waals surface area contributed by atoms with Crippen molar-refractivity contribution in [3.05, 3.63) is 66.1 Å². The van der Waals surface area contributed by atoms with Crippen LogP contribution in [0.3, 0.4) is 0 Å². The Hall–Kier alpha value is -2.66. The zero-order valence-corrected chi connectivity index (χ0v) is 15.4. The molecule has 136 valence electrons. The Balaban J connectivity index is 1.55. The van der Waals surface area contributed by atoms with E-state index in [2.05, 4.69) is 46.4 Å². The molecule has 0 N–H and O–H groups in total. The summed E-state index contributed by atoms with van der Waals surface area (Å²) in [6, 6.07) is 18.3. The number of benzene rings is 2. The first-order valence-electron chi connectivity index (χ1n) is 9.03. The lowest BCUT2D eigenvalue weighted by Gasteiger charge is -2.13. The monoisotopic (exact) mass is 351 g/mol. The molecule has 0 atom stereocenters. The van der Waals surface area contributed by atoms with Crippen LogP contribution in [0, 0.1) is 0 Å². The first-order valence-corrected chi connectivity index (χ1v) is 9.03. The fourth-order valence-electron chi connectivity index (χ4n) is 2.87. The zero-order chi connectivity index (χ0) is 18.2. The molecule has 0 saturated heterocycles. The van der Waals surface area contributed by atoms with Gasteiger partial charge in [-0.1, -0.05) is 47.6 Å². The van der Waals surface area contributed by atoms with Gasteiger partial charge in [0.15, 0.2) is 0 Å². The van der Waals surface area contributed by atoms with Crippen molar-refractivity contribution in [1.82, 2.24) is 15.0 Å². The normalized spacial score (nSPS) is 11.0. The summed E-state index contributed by atoms with van der Waals surface area (Å²) >= 11 is 0. The Bertz CT molecular complexity index is 802. The first-order chi connectivity index (χ1) is 12.8. The second-order valence-electron chi connectivity index (χ2n) is 6.27. The van der Waals surface area contributed by atoms with E-state index in [1.165, 1.54) is 5.56 Å². The second kappa shape index (κ2) is 9.15. The van der Waals surface area contributed by atoms with Gasteiger partial charge >= 0.3 is 0 Å². The largest absolute Gasteiger partial charge is 0.493 e. The van der Waals surface area contributed by atoms with Crippen molar-refractivity contribution in [2.24, 2.45) is 0 Å². The quantitative estimate of drug-likeness (QED) is 0.578. The minimum absolute atomic E-state index is 0.571. The molecule has 1 heterocycles. The van der Waals surface area contributed by atoms with Gasteiger partial charge in [-0.3, -0.25) is 4.90 Å². The van der Waals surface area contributed by atoms with Gasteiger partial charge in [-0.15, -0.1) is 0 Å². The highest BCUT2D eigenvalue weighted by atomic mass is 16.5. The number of nitrogens with zero attached hydrogens (tertiary/aromatic N) is 3. The average Bonchev–Trinajstić information content (AvgIpc) is 3.11. The lowest BCUT2D eigenvalue weighted by molar-refractivity contribution is 0.264. The topological polar surface area (TPSA) is 51.4 Å². The van der Waals surface area contributed by atoms with Crippen LogP contribution in [0.2, 0.25) is 0 Å². The van der Waals surface area contributed by atoms with Crippen molar-refractivity contribution >= 4 is 0 Å². The van der Waals surface area contributed by atoms with E-state index in [0.717, 1.165) is 30.7 Å². The molecule has 0 radical (unpaired) electrons. The van der Waals surface area contributed by atoms with Crippen LogP contribution in [0.25, 0.3) is 11.4 Å². The minimum Gasteiger partial charge on any atom is -0.493 e. The summed E-state index contributed by atoms with van der Waals surface area (Å²) < 4.78 is 11.1. The summed E-state index contributed by atoms with van der Waals surface area (Å²) in [5.41, 5.74) is 2.23. The summed E-state index contributed by atoms with van der Waals surface area (Å²) in [6.45, 7) is 4.18. The van der Waals surface area contributed by atoms with Crippen LogP contribution in [0.15, 0.2) is 59.1 Å². The molecule has 1 aromatic heterocycles. The number of hydrogen-bond acceptors (Lipinski definition) is 5. The molecule has 0 aliphatic carbocycles. The molecule has 0 aliphatic rings. The van der Waals surface area contributed by atoms with Crippen molar-refractivity contribution in [3.63, 3.8) is 0 Å². The highest BCUT2D eigenvalue weighted by Gasteiger charge is 2.14. The van der Waals surface area contributed by atoms with E-state index in [1.54, 1.807) is 0 Å². The Labute approximate surface area is 154 Å². The molecule has 2 aromatic carbocycles. The third-order valence-corrected chi connectivity index (χ3v) is 4.15. The third kappa shape index (κ3) is 4.92. The molecule has 3 aromatic rings. The number of rotatable bonds is 9. The molecule has 0 spiro atoms. The molecule has 0 unspecified atom stereocenters. The number of hydrogen-bond donors (Lipinski definition) is 0. The number of ether oxygens (including phenoxy) is 1. The van der Waals surface area contributed by atoms with Gasteiger partial charge in [0.05, 0.1) is 18.7 Å². The molecular formula is C21H25N3O2. The van der Waals surface area contributed by atoms with Crippen LogP contribution in [0.4, 0.5) is 0 Å². The van der Waals surface area contributed by atoms with Crippen molar-refractivity contribution in [2.75, 3.05) is 20.2 Å². The smallest absolute Gasteiger partial charge is 0.241 e. The lowest BCUT2D eigenvalue weighted by Crippen LogP contribution is -2.19.